The molecule has 10 nitrogen and oxygen atoms in total. The first-order chi connectivity index (χ1) is 20.9. The molecule has 3 aromatic heterocycles. The smallest absolute Gasteiger partial charge is 0.332 e. The highest BCUT2D eigenvalue weighted by molar-refractivity contribution is 6.30. The lowest BCUT2D eigenvalue weighted by Crippen LogP contribution is -2.40. The van der Waals surface area contributed by atoms with Gasteiger partial charge in [-0.1, -0.05) is 30.7 Å². The summed E-state index contributed by atoms with van der Waals surface area (Å²) in [6, 6.07) is 11.2. The van der Waals surface area contributed by atoms with Crippen LogP contribution in [0.2, 0.25) is 5.02 Å². The van der Waals surface area contributed by atoms with Crippen molar-refractivity contribution in [1.82, 2.24) is 23.7 Å². The monoisotopic (exact) mass is 607 g/mol. The molecule has 6 rings (SSSR count). The van der Waals surface area contributed by atoms with Gasteiger partial charge in [-0.25, -0.2) is 14.8 Å². The Morgan fingerprint density at radius 1 is 1.02 bits per heavy atom. The van der Waals surface area contributed by atoms with Gasteiger partial charge in [0, 0.05) is 49.1 Å². The van der Waals surface area contributed by atoms with Gasteiger partial charge in [0.1, 0.15) is 11.9 Å². The summed E-state index contributed by atoms with van der Waals surface area (Å²) in [5, 5.41) is 0.628. The van der Waals surface area contributed by atoms with Crippen LogP contribution in [0.5, 0.6) is 5.88 Å². The molecular weight excluding hydrogens is 570 g/mol. The number of hydrogen-bond donors (Lipinski definition) is 0. The third kappa shape index (κ3) is 6.27. The third-order valence-corrected chi connectivity index (χ3v) is 8.71. The van der Waals surface area contributed by atoms with Crippen LogP contribution in [-0.2, 0) is 29.1 Å². The molecule has 1 saturated carbocycles. The Bertz CT molecular complexity index is 1670. The molecule has 3 unspecified atom stereocenters. The Morgan fingerprint density at radius 3 is 2.51 bits per heavy atom. The molecule has 228 valence electrons. The minimum Gasteiger partial charge on any atom is -0.474 e. The van der Waals surface area contributed by atoms with E-state index in [9.17, 15) is 9.59 Å². The van der Waals surface area contributed by atoms with E-state index in [0.717, 1.165) is 43.2 Å². The molecule has 4 heterocycles. The summed E-state index contributed by atoms with van der Waals surface area (Å²) in [5.74, 6) is 1.63. The van der Waals surface area contributed by atoms with Crippen LogP contribution in [0, 0.1) is 5.92 Å². The Labute approximate surface area is 255 Å². The maximum atomic E-state index is 14.0. The second kappa shape index (κ2) is 13.0. The number of nitrogens with zero attached hydrogens (tertiary/aromatic N) is 5. The molecule has 0 amide bonds. The minimum absolute atomic E-state index is 0.186. The van der Waals surface area contributed by atoms with E-state index in [4.69, 9.17) is 30.8 Å². The van der Waals surface area contributed by atoms with Crippen LogP contribution in [0.4, 0.5) is 0 Å². The van der Waals surface area contributed by atoms with Gasteiger partial charge in [0.15, 0.2) is 17.5 Å². The van der Waals surface area contributed by atoms with Crippen LogP contribution in [0.1, 0.15) is 57.9 Å². The number of aromatic nitrogens is 5. The van der Waals surface area contributed by atoms with E-state index in [1.807, 2.05) is 47.9 Å². The topological polar surface area (TPSA) is 102 Å². The average molecular weight is 608 g/mol. The number of benzene rings is 1. The zero-order chi connectivity index (χ0) is 29.9. The van der Waals surface area contributed by atoms with E-state index < -0.39 is 0 Å². The average Bonchev–Trinajstić information content (AvgIpc) is 3.39. The van der Waals surface area contributed by atoms with Crippen LogP contribution in [-0.4, -0.2) is 49.3 Å². The van der Waals surface area contributed by atoms with Crippen molar-refractivity contribution in [3.05, 3.63) is 74.0 Å². The zero-order valence-corrected chi connectivity index (χ0v) is 25.5. The second-order valence-electron chi connectivity index (χ2n) is 11.4. The maximum absolute atomic E-state index is 14.0. The van der Waals surface area contributed by atoms with Crippen LogP contribution >= 0.6 is 11.6 Å². The molecule has 0 radical (unpaired) electrons. The lowest BCUT2D eigenvalue weighted by atomic mass is 9.84. The molecule has 2 aliphatic rings. The number of imidazole rings is 1. The van der Waals surface area contributed by atoms with E-state index in [1.165, 1.54) is 4.57 Å². The Hall–Kier alpha value is -3.47. The van der Waals surface area contributed by atoms with Crippen LogP contribution in [0.25, 0.3) is 22.6 Å². The predicted octanol–water partition coefficient (Wildman–Crippen LogP) is 5.25. The van der Waals surface area contributed by atoms with Crippen molar-refractivity contribution in [1.29, 1.82) is 0 Å². The second-order valence-corrected chi connectivity index (χ2v) is 11.9. The van der Waals surface area contributed by atoms with Crippen molar-refractivity contribution < 1.29 is 14.2 Å². The molecule has 2 fully saturated rings. The summed E-state index contributed by atoms with van der Waals surface area (Å²) >= 11 is 6.15. The van der Waals surface area contributed by atoms with Crippen LogP contribution in [0.15, 0.2) is 52.2 Å². The summed E-state index contributed by atoms with van der Waals surface area (Å²) < 4.78 is 22.3. The first-order valence-electron chi connectivity index (χ1n) is 15.3. The standard InChI is InChI=1S/C32H38ClN5O5/c1-3-36-30-28(31(39)37(32(36)40)16-6-18-42-27-7-4-5-17-41-27)38(20-22-9-12-24(33)13-10-22)29(35-30)23-11-15-26(34-19-23)43-25-14-8-21(25)2/h9-13,15,19,21,25,27H,3-8,14,16-18,20H2,1-2H3. The number of aryl methyl sites for hydroxylation is 1. The van der Waals surface area contributed by atoms with Crippen molar-refractivity contribution >= 4 is 22.8 Å². The van der Waals surface area contributed by atoms with E-state index in [0.29, 0.717) is 66.5 Å². The lowest BCUT2D eigenvalue weighted by Gasteiger charge is -2.33. The Kier molecular flexibility index (Phi) is 8.97. The number of pyridine rings is 1. The third-order valence-electron chi connectivity index (χ3n) is 8.46. The molecule has 1 aliphatic heterocycles. The van der Waals surface area contributed by atoms with E-state index >= 15 is 0 Å². The van der Waals surface area contributed by atoms with E-state index in [2.05, 4.69) is 11.9 Å². The molecule has 43 heavy (non-hydrogen) atoms. The van der Waals surface area contributed by atoms with Crippen molar-refractivity contribution in [2.24, 2.45) is 5.92 Å². The fourth-order valence-corrected chi connectivity index (χ4v) is 5.87. The number of rotatable bonds is 11. The minimum atomic E-state index is -0.381. The van der Waals surface area contributed by atoms with E-state index in [-0.39, 0.29) is 30.2 Å². The summed E-state index contributed by atoms with van der Waals surface area (Å²) in [4.78, 5) is 37.0. The van der Waals surface area contributed by atoms with Crippen LogP contribution in [0.3, 0.4) is 0 Å². The molecule has 0 spiro atoms. The van der Waals surface area contributed by atoms with Gasteiger partial charge in [-0.05, 0) is 75.1 Å². The Balaban J connectivity index is 1.37. The quantitative estimate of drug-likeness (QED) is 0.214. The highest BCUT2D eigenvalue weighted by Gasteiger charge is 2.29. The van der Waals surface area contributed by atoms with Crippen LogP contribution < -0.4 is 16.0 Å². The van der Waals surface area contributed by atoms with Gasteiger partial charge in [-0.15, -0.1) is 0 Å². The van der Waals surface area contributed by atoms with Gasteiger partial charge in [-0.2, -0.15) is 0 Å². The first-order valence-corrected chi connectivity index (χ1v) is 15.6. The molecular formula is C32H38ClN5O5. The number of ether oxygens (including phenoxy) is 3. The molecule has 1 aliphatic carbocycles. The lowest BCUT2D eigenvalue weighted by molar-refractivity contribution is -0.163. The summed E-state index contributed by atoms with van der Waals surface area (Å²) in [6.45, 7) is 6.12. The summed E-state index contributed by atoms with van der Waals surface area (Å²) in [7, 11) is 0. The fraction of sp³-hybridized carbons (Fsp3) is 0.500. The van der Waals surface area contributed by atoms with Gasteiger partial charge in [0.05, 0.1) is 6.61 Å². The number of halogens is 1. The zero-order valence-electron chi connectivity index (χ0n) is 24.7. The largest absolute Gasteiger partial charge is 0.474 e. The molecule has 4 aromatic rings. The van der Waals surface area contributed by atoms with Crippen molar-refractivity contribution in [3.63, 3.8) is 0 Å². The normalized spacial score (nSPS) is 20.3. The fourth-order valence-electron chi connectivity index (χ4n) is 5.75. The first kappa shape index (κ1) is 29.6. The van der Waals surface area contributed by atoms with Crippen molar-refractivity contribution in [2.75, 3.05) is 13.2 Å². The number of hydrogen-bond acceptors (Lipinski definition) is 7. The van der Waals surface area contributed by atoms with Gasteiger partial charge in [0.2, 0.25) is 5.88 Å². The molecule has 0 N–H and O–H groups in total. The van der Waals surface area contributed by atoms with E-state index in [1.54, 1.807) is 10.8 Å². The summed E-state index contributed by atoms with van der Waals surface area (Å²) in [6.07, 6.45) is 7.38. The highest BCUT2D eigenvalue weighted by Crippen LogP contribution is 2.31. The van der Waals surface area contributed by atoms with Crippen molar-refractivity contribution in [2.45, 2.75) is 84.4 Å². The molecule has 0 bridgehead atoms. The SMILES string of the molecule is CCn1c(=O)n(CCCOC2CCCCO2)c(=O)c2c1nc(-c1ccc(OC3CCC3C)nc1)n2Cc1ccc(Cl)cc1. The molecule has 11 heteroatoms. The Morgan fingerprint density at radius 2 is 1.86 bits per heavy atom. The molecule has 1 saturated heterocycles. The highest BCUT2D eigenvalue weighted by atomic mass is 35.5. The maximum Gasteiger partial charge on any atom is 0.332 e. The summed E-state index contributed by atoms with van der Waals surface area (Å²) in [5.41, 5.74) is 1.63. The van der Waals surface area contributed by atoms with Gasteiger partial charge in [0.25, 0.3) is 5.56 Å². The van der Waals surface area contributed by atoms with Gasteiger partial charge >= 0.3 is 5.69 Å². The van der Waals surface area contributed by atoms with Gasteiger partial charge < -0.3 is 18.8 Å². The van der Waals surface area contributed by atoms with Crippen molar-refractivity contribution in [3.8, 4) is 17.3 Å². The number of fused-ring (bicyclic) bond motifs is 1. The molecule has 3 atom stereocenters. The van der Waals surface area contributed by atoms with Gasteiger partial charge in [-0.3, -0.25) is 13.9 Å². The predicted molar refractivity (Wildman–Crippen MR) is 165 cm³/mol. The molecule has 1 aromatic carbocycles.